The maximum absolute atomic E-state index is 9.65. The van der Waals surface area contributed by atoms with Crippen LogP contribution in [-0.2, 0) is 0 Å². The van der Waals surface area contributed by atoms with Crippen molar-refractivity contribution in [2.75, 3.05) is 12.4 Å². The number of nitrogens with zero attached hydrogens (tertiary/aromatic N) is 2. The van der Waals surface area contributed by atoms with Gasteiger partial charge in [0.05, 0.1) is 18.8 Å². The standard InChI is InChI=1S/C20H21N3O2/c1-13(15-6-4-8-17(24)10-15)21-20-12-19(22-14(2)23-20)16-7-5-9-18(11-16)25-3/h4-13,24H,1-3H3,(H,21,22,23). The highest BCUT2D eigenvalue weighted by atomic mass is 16.5. The first-order valence-electron chi connectivity index (χ1n) is 8.11. The summed E-state index contributed by atoms with van der Waals surface area (Å²) in [4.78, 5) is 9.00. The van der Waals surface area contributed by atoms with Crippen LogP contribution in [0.1, 0.15) is 24.4 Å². The van der Waals surface area contributed by atoms with Crippen LogP contribution in [0.3, 0.4) is 0 Å². The summed E-state index contributed by atoms with van der Waals surface area (Å²) in [5, 5.41) is 13.0. The van der Waals surface area contributed by atoms with Crippen LogP contribution in [0.25, 0.3) is 11.3 Å². The molecule has 3 rings (SSSR count). The molecule has 0 aliphatic rings. The summed E-state index contributed by atoms with van der Waals surface area (Å²) >= 11 is 0. The van der Waals surface area contributed by atoms with Crippen LogP contribution < -0.4 is 10.1 Å². The predicted molar refractivity (Wildman–Crippen MR) is 98.9 cm³/mol. The van der Waals surface area contributed by atoms with E-state index in [0.29, 0.717) is 5.82 Å². The highest BCUT2D eigenvalue weighted by Gasteiger charge is 2.10. The van der Waals surface area contributed by atoms with Crippen LogP contribution in [0.4, 0.5) is 5.82 Å². The molecule has 0 amide bonds. The van der Waals surface area contributed by atoms with Crippen LogP contribution in [0.2, 0.25) is 0 Å². The number of hydrogen-bond donors (Lipinski definition) is 2. The number of methoxy groups -OCH3 is 1. The number of aryl methyl sites for hydroxylation is 1. The number of nitrogens with one attached hydrogen (secondary N) is 1. The number of phenols is 1. The minimum atomic E-state index is -0.000408. The van der Waals surface area contributed by atoms with E-state index in [1.807, 2.05) is 56.3 Å². The SMILES string of the molecule is COc1cccc(-c2cc(NC(C)c3cccc(O)c3)nc(C)n2)c1. The van der Waals surface area contributed by atoms with Crippen molar-refractivity contribution >= 4 is 5.82 Å². The van der Waals surface area contributed by atoms with Gasteiger partial charge in [-0.15, -0.1) is 0 Å². The van der Waals surface area contributed by atoms with Gasteiger partial charge in [-0.1, -0.05) is 24.3 Å². The largest absolute Gasteiger partial charge is 0.508 e. The molecule has 0 aliphatic heterocycles. The minimum absolute atomic E-state index is 0.000408. The van der Waals surface area contributed by atoms with Crippen LogP contribution in [0.15, 0.2) is 54.6 Å². The number of hydrogen-bond acceptors (Lipinski definition) is 5. The van der Waals surface area contributed by atoms with Crippen LogP contribution in [0.5, 0.6) is 11.5 Å². The zero-order valence-corrected chi connectivity index (χ0v) is 14.5. The highest BCUT2D eigenvalue weighted by Crippen LogP contribution is 2.26. The average Bonchev–Trinajstić information content (AvgIpc) is 2.61. The normalized spacial score (nSPS) is 11.8. The van der Waals surface area contributed by atoms with Crippen molar-refractivity contribution in [2.45, 2.75) is 19.9 Å². The van der Waals surface area contributed by atoms with Gasteiger partial charge >= 0.3 is 0 Å². The Kier molecular flexibility index (Phi) is 4.84. The van der Waals surface area contributed by atoms with E-state index in [9.17, 15) is 5.11 Å². The lowest BCUT2D eigenvalue weighted by Crippen LogP contribution is -2.09. The van der Waals surface area contributed by atoms with Gasteiger partial charge in [0.25, 0.3) is 0 Å². The fourth-order valence-electron chi connectivity index (χ4n) is 2.67. The second kappa shape index (κ2) is 7.21. The third-order valence-electron chi connectivity index (χ3n) is 3.94. The molecule has 0 radical (unpaired) electrons. The van der Waals surface area contributed by atoms with Gasteiger partial charge in [-0.25, -0.2) is 9.97 Å². The van der Waals surface area contributed by atoms with Gasteiger partial charge in [0.2, 0.25) is 0 Å². The number of anilines is 1. The van der Waals surface area contributed by atoms with E-state index < -0.39 is 0 Å². The zero-order chi connectivity index (χ0) is 17.8. The number of benzene rings is 2. The first-order chi connectivity index (χ1) is 12.0. The first-order valence-corrected chi connectivity index (χ1v) is 8.11. The molecule has 5 nitrogen and oxygen atoms in total. The highest BCUT2D eigenvalue weighted by molar-refractivity contribution is 5.64. The van der Waals surface area contributed by atoms with E-state index in [1.165, 1.54) is 0 Å². The summed E-state index contributed by atoms with van der Waals surface area (Å²) in [6.45, 7) is 3.89. The second-order valence-electron chi connectivity index (χ2n) is 5.88. The van der Waals surface area contributed by atoms with Gasteiger partial charge < -0.3 is 15.2 Å². The number of aromatic nitrogens is 2. The molecule has 0 fully saturated rings. The predicted octanol–water partition coefficient (Wildman–Crippen LogP) is 4.34. The molecule has 0 aliphatic carbocycles. The Morgan fingerprint density at radius 1 is 1.04 bits per heavy atom. The third-order valence-corrected chi connectivity index (χ3v) is 3.94. The summed E-state index contributed by atoms with van der Waals surface area (Å²) < 4.78 is 5.29. The van der Waals surface area contributed by atoms with Crippen molar-refractivity contribution in [3.63, 3.8) is 0 Å². The molecule has 5 heteroatoms. The topological polar surface area (TPSA) is 67.3 Å². The Balaban J connectivity index is 1.88. The Morgan fingerprint density at radius 2 is 1.84 bits per heavy atom. The number of ether oxygens (including phenoxy) is 1. The van der Waals surface area contributed by atoms with Crippen molar-refractivity contribution in [1.29, 1.82) is 0 Å². The lowest BCUT2D eigenvalue weighted by atomic mass is 10.1. The van der Waals surface area contributed by atoms with Gasteiger partial charge in [0.15, 0.2) is 0 Å². The maximum atomic E-state index is 9.65. The average molecular weight is 335 g/mol. The molecule has 2 N–H and O–H groups in total. The monoisotopic (exact) mass is 335 g/mol. The van der Waals surface area contributed by atoms with E-state index in [-0.39, 0.29) is 11.8 Å². The van der Waals surface area contributed by atoms with Crippen molar-refractivity contribution in [3.8, 4) is 22.8 Å². The molecule has 0 spiro atoms. The van der Waals surface area contributed by atoms with Crippen molar-refractivity contribution in [2.24, 2.45) is 0 Å². The van der Waals surface area contributed by atoms with E-state index >= 15 is 0 Å². The molecule has 3 aromatic rings. The summed E-state index contributed by atoms with van der Waals surface area (Å²) in [5.41, 5.74) is 2.79. The van der Waals surface area contributed by atoms with E-state index in [4.69, 9.17) is 4.74 Å². The lowest BCUT2D eigenvalue weighted by molar-refractivity contribution is 0.415. The zero-order valence-electron chi connectivity index (χ0n) is 14.5. The maximum Gasteiger partial charge on any atom is 0.130 e. The molecule has 0 saturated heterocycles. The fraction of sp³-hybridized carbons (Fsp3) is 0.200. The molecule has 1 aromatic heterocycles. The summed E-state index contributed by atoms with van der Waals surface area (Å²) in [6, 6.07) is 16.9. The van der Waals surface area contributed by atoms with Gasteiger partial charge in [0, 0.05) is 11.6 Å². The van der Waals surface area contributed by atoms with Crippen LogP contribution in [0, 0.1) is 6.92 Å². The Hall–Kier alpha value is -3.08. The lowest BCUT2D eigenvalue weighted by Gasteiger charge is -2.16. The third kappa shape index (κ3) is 4.07. The molecular formula is C20H21N3O2. The van der Waals surface area contributed by atoms with Crippen LogP contribution >= 0.6 is 0 Å². The molecule has 1 unspecified atom stereocenters. The smallest absolute Gasteiger partial charge is 0.130 e. The molecule has 25 heavy (non-hydrogen) atoms. The van der Waals surface area contributed by atoms with Gasteiger partial charge in [-0.3, -0.25) is 0 Å². The van der Waals surface area contributed by atoms with Crippen molar-refractivity contribution in [3.05, 3.63) is 66.0 Å². The molecule has 0 bridgehead atoms. The van der Waals surface area contributed by atoms with Crippen molar-refractivity contribution in [1.82, 2.24) is 9.97 Å². The Labute approximate surface area is 147 Å². The van der Waals surface area contributed by atoms with E-state index in [2.05, 4.69) is 15.3 Å². The molecule has 128 valence electrons. The Morgan fingerprint density at radius 3 is 2.60 bits per heavy atom. The molecule has 1 atom stereocenters. The Bertz CT molecular complexity index is 880. The summed E-state index contributed by atoms with van der Waals surface area (Å²) in [7, 11) is 1.65. The first kappa shape index (κ1) is 16.8. The quantitative estimate of drug-likeness (QED) is 0.726. The van der Waals surface area contributed by atoms with Crippen LogP contribution in [-0.4, -0.2) is 22.2 Å². The summed E-state index contributed by atoms with van der Waals surface area (Å²) in [6.07, 6.45) is 0. The second-order valence-corrected chi connectivity index (χ2v) is 5.88. The molecule has 2 aromatic carbocycles. The van der Waals surface area contributed by atoms with Gasteiger partial charge in [-0.05, 0) is 43.7 Å². The molecule has 1 heterocycles. The minimum Gasteiger partial charge on any atom is -0.508 e. The van der Waals surface area contributed by atoms with Gasteiger partial charge in [0.1, 0.15) is 23.1 Å². The van der Waals surface area contributed by atoms with Gasteiger partial charge in [-0.2, -0.15) is 0 Å². The van der Waals surface area contributed by atoms with Crippen molar-refractivity contribution < 1.29 is 9.84 Å². The molecular weight excluding hydrogens is 314 g/mol. The number of phenolic OH excluding ortho intramolecular Hbond substituents is 1. The van der Waals surface area contributed by atoms with E-state index in [1.54, 1.807) is 19.2 Å². The van der Waals surface area contributed by atoms with E-state index in [0.717, 1.165) is 28.4 Å². The number of aromatic hydroxyl groups is 1. The number of rotatable bonds is 5. The fourth-order valence-corrected chi connectivity index (χ4v) is 2.67. The molecule has 0 saturated carbocycles. The summed E-state index contributed by atoms with van der Waals surface area (Å²) in [5.74, 6) is 2.46.